The van der Waals surface area contributed by atoms with Gasteiger partial charge in [0, 0.05) is 30.9 Å². The molecule has 1 saturated heterocycles. The lowest BCUT2D eigenvalue weighted by atomic mass is 9.92. The fraction of sp³-hybridized carbons (Fsp3) is 0.455. The molecule has 1 saturated carbocycles. The van der Waals surface area contributed by atoms with Crippen molar-refractivity contribution in [2.75, 3.05) is 30.0 Å². The molecule has 1 unspecified atom stereocenters. The van der Waals surface area contributed by atoms with Crippen LogP contribution in [0.15, 0.2) is 30.6 Å². The van der Waals surface area contributed by atoms with Crippen molar-refractivity contribution in [2.45, 2.75) is 32.4 Å². The zero-order valence-electron chi connectivity index (χ0n) is 18.1. The molecule has 1 aliphatic heterocycles. The van der Waals surface area contributed by atoms with E-state index in [1.54, 1.807) is 12.4 Å². The van der Waals surface area contributed by atoms with Crippen LogP contribution in [0.4, 0.5) is 20.5 Å². The molecule has 1 aliphatic carbocycles. The Bertz CT molecular complexity index is 1130. The number of nitrogens with one attached hydrogen (secondary N) is 1. The van der Waals surface area contributed by atoms with Gasteiger partial charge in [0.25, 0.3) is 0 Å². The van der Waals surface area contributed by atoms with Crippen LogP contribution in [0.5, 0.6) is 11.8 Å². The summed E-state index contributed by atoms with van der Waals surface area (Å²) in [5, 5.41) is 7.73. The summed E-state index contributed by atoms with van der Waals surface area (Å²) in [7, 11) is 0. The van der Waals surface area contributed by atoms with Crippen LogP contribution >= 0.6 is 11.6 Å². The Morgan fingerprint density at radius 1 is 1.21 bits per heavy atom. The molecule has 11 heteroatoms. The van der Waals surface area contributed by atoms with Gasteiger partial charge in [-0.2, -0.15) is 4.98 Å². The molecule has 2 fully saturated rings. The van der Waals surface area contributed by atoms with Crippen LogP contribution in [0.2, 0.25) is 5.02 Å². The van der Waals surface area contributed by atoms with E-state index in [0.717, 1.165) is 37.4 Å². The Morgan fingerprint density at radius 2 is 2.00 bits per heavy atom. The summed E-state index contributed by atoms with van der Waals surface area (Å²) in [4.78, 5) is 15.3. The van der Waals surface area contributed by atoms with Crippen LogP contribution in [0.1, 0.15) is 18.5 Å². The van der Waals surface area contributed by atoms with E-state index in [0.29, 0.717) is 17.8 Å². The molecule has 2 aromatic heterocycles. The van der Waals surface area contributed by atoms with E-state index in [4.69, 9.17) is 16.3 Å². The van der Waals surface area contributed by atoms with E-state index in [1.807, 2.05) is 13.0 Å². The Balaban J connectivity index is 1.32. The fourth-order valence-electron chi connectivity index (χ4n) is 4.76. The van der Waals surface area contributed by atoms with E-state index in [1.165, 1.54) is 16.8 Å². The quantitative estimate of drug-likeness (QED) is 0.547. The summed E-state index contributed by atoms with van der Waals surface area (Å²) in [6, 6.07) is 6.63. The number of alkyl halides is 1. The van der Waals surface area contributed by atoms with E-state index in [2.05, 4.69) is 30.3 Å². The molecule has 1 aromatic carbocycles. The molecule has 2 bridgehead atoms. The number of hydrogen-bond acceptors (Lipinski definition) is 7. The normalized spacial score (nSPS) is 21.9. The number of nitrogens with zero attached hydrogens (tertiary/aromatic N) is 6. The molecule has 1 N–H and O–H groups in total. The van der Waals surface area contributed by atoms with Crippen molar-refractivity contribution >= 4 is 23.4 Å². The van der Waals surface area contributed by atoms with Gasteiger partial charge in [-0.25, -0.2) is 23.4 Å². The van der Waals surface area contributed by atoms with Gasteiger partial charge in [-0.1, -0.05) is 17.7 Å². The summed E-state index contributed by atoms with van der Waals surface area (Å²) < 4.78 is 34.3. The number of hydrogen-bond donors (Lipinski definition) is 1. The van der Waals surface area contributed by atoms with Gasteiger partial charge in [0.2, 0.25) is 5.95 Å². The first-order chi connectivity index (χ1) is 16.0. The molecule has 2 aliphatic rings. The molecule has 0 radical (unpaired) electrons. The molecule has 174 valence electrons. The van der Waals surface area contributed by atoms with Crippen molar-refractivity contribution < 1.29 is 13.5 Å². The molecule has 3 atom stereocenters. The standard InChI is InChI=1S/C22H24ClF2N7O/c1-13-9-18(27-12-26-13)31-10-14-5-6-15(11-31)20(14)28-21-29-22(32(30-21)8-7-24)33-17-4-2-3-16(23)19(17)25/h2-4,9,12,14-15,20H,5-8,10-11H2,1H3,(H,28,30)/t14-,15+,20?. The first-order valence-corrected chi connectivity index (χ1v) is 11.3. The van der Waals surface area contributed by atoms with E-state index < -0.39 is 12.5 Å². The number of aryl methyl sites for hydroxylation is 2. The minimum absolute atomic E-state index is 0.0116. The van der Waals surface area contributed by atoms with Gasteiger partial charge in [0.15, 0.2) is 11.6 Å². The zero-order chi connectivity index (χ0) is 22.9. The summed E-state index contributed by atoms with van der Waals surface area (Å²) in [5.41, 5.74) is 0.943. The first kappa shape index (κ1) is 21.8. The lowest BCUT2D eigenvalue weighted by Crippen LogP contribution is -2.48. The number of benzene rings is 1. The second-order valence-electron chi connectivity index (χ2n) is 8.47. The monoisotopic (exact) mass is 475 g/mol. The highest BCUT2D eigenvalue weighted by Gasteiger charge is 2.43. The van der Waals surface area contributed by atoms with Crippen molar-refractivity contribution in [1.82, 2.24) is 24.7 Å². The number of anilines is 2. The minimum Gasteiger partial charge on any atom is -0.421 e. The minimum atomic E-state index is -0.700. The third kappa shape index (κ3) is 4.44. The highest BCUT2D eigenvalue weighted by Crippen LogP contribution is 2.40. The van der Waals surface area contributed by atoms with E-state index in [9.17, 15) is 8.78 Å². The van der Waals surface area contributed by atoms with Crippen LogP contribution in [0.3, 0.4) is 0 Å². The maximum absolute atomic E-state index is 14.3. The van der Waals surface area contributed by atoms with Gasteiger partial charge >= 0.3 is 6.01 Å². The van der Waals surface area contributed by atoms with Crippen LogP contribution in [0, 0.1) is 24.6 Å². The Hall–Kier alpha value is -3.01. The second kappa shape index (κ2) is 9.09. The average molecular weight is 476 g/mol. The van der Waals surface area contributed by atoms with Crippen LogP contribution in [0.25, 0.3) is 0 Å². The Morgan fingerprint density at radius 3 is 2.73 bits per heavy atom. The summed E-state index contributed by atoms with van der Waals surface area (Å²) in [6.07, 6.45) is 3.78. The largest absolute Gasteiger partial charge is 0.421 e. The molecule has 0 spiro atoms. The van der Waals surface area contributed by atoms with Crippen LogP contribution in [-0.2, 0) is 6.54 Å². The van der Waals surface area contributed by atoms with Gasteiger partial charge in [0.1, 0.15) is 18.8 Å². The maximum atomic E-state index is 14.3. The van der Waals surface area contributed by atoms with Gasteiger partial charge < -0.3 is 15.0 Å². The zero-order valence-corrected chi connectivity index (χ0v) is 18.8. The second-order valence-corrected chi connectivity index (χ2v) is 8.88. The Kier molecular flexibility index (Phi) is 6.01. The third-order valence-electron chi connectivity index (χ3n) is 6.29. The maximum Gasteiger partial charge on any atom is 0.322 e. The molecular formula is C22H24ClF2N7O. The molecule has 0 amide bonds. The van der Waals surface area contributed by atoms with Gasteiger partial charge in [-0.15, -0.1) is 5.10 Å². The van der Waals surface area contributed by atoms with Crippen LogP contribution in [-0.4, -0.2) is 50.5 Å². The summed E-state index contributed by atoms with van der Waals surface area (Å²) >= 11 is 5.84. The predicted molar refractivity (Wildman–Crippen MR) is 120 cm³/mol. The molecule has 3 aromatic rings. The first-order valence-electron chi connectivity index (χ1n) is 10.9. The Labute approximate surface area is 195 Å². The smallest absolute Gasteiger partial charge is 0.322 e. The predicted octanol–water partition coefficient (Wildman–Crippen LogP) is 4.26. The van der Waals surface area contributed by atoms with Crippen molar-refractivity contribution in [2.24, 2.45) is 11.8 Å². The number of rotatable bonds is 7. The topological polar surface area (TPSA) is 81.0 Å². The summed E-state index contributed by atoms with van der Waals surface area (Å²) in [6.45, 7) is 2.99. The van der Waals surface area contributed by atoms with E-state index >= 15 is 0 Å². The number of aromatic nitrogens is 5. The summed E-state index contributed by atoms with van der Waals surface area (Å²) in [5.74, 6) is 1.28. The number of halogens is 3. The molecule has 33 heavy (non-hydrogen) atoms. The third-order valence-corrected chi connectivity index (χ3v) is 6.59. The van der Waals surface area contributed by atoms with Crippen molar-refractivity contribution in [3.63, 3.8) is 0 Å². The van der Waals surface area contributed by atoms with Crippen molar-refractivity contribution in [1.29, 1.82) is 0 Å². The van der Waals surface area contributed by atoms with Crippen LogP contribution < -0.4 is 15.0 Å². The highest BCUT2D eigenvalue weighted by molar-refractivity contribution is 6.30. The number of ether oxygens (including phenoxy) is 1. The number of piperidine rings is 1. The van der Waals surface area contributed by atoms with Gasteiger partial charge in [-0.3, -0.25) is 0 Å². The molecule has 5 rings (SSSR count). The highest BCUT2D eigenvalue weighted by atomic mass is 35.5. The van der Waals surface area contributed by atoms with Gasteiger partial charge in [-0.05, 0) is 43.7 Å². The van der Waals surface area contributed by atoms with Gasteiger partial charge in [0.05, 0.1) is 11.6 Å². The SMILES string of the molecule is Cc1cc(N2C[C@H]3CC[C@@H](C2)C3Nc2nc(Oc3cccc(Cl)c3F)n(CCF)n2)ncn1. The molecule has 8 nitrogen and oxygen atoms in total. The average Bonchev–Trinajstić information content (AvgIpc) is 3.26. The lowest BCUT2D eigenvalue weighted by Gasteiger charge is -2.38. The van der Waals surface area contributed by atoms with Crippen molar-refractivity contribution in [3.05, 3.63) is 47.1 Å². The fourth-order valence-corrected chi connectivity index (χ4v) is 4.92. The van der Waals surface area contributed by atoms with Crippen molar-refractivity contribution in [3.8, 4) is 11.8 Å². The lowest BCUT2D eigenvalue weighted by molar-refractivity contribution is 0.352. The van der Waals surface area contributed by atoms with E-state index in [-0.39, 0.29) is 29.4 Å². The molecular weight excluding hydrogens is 452 g/mol. The number of fused-ring (bicyclic) bond motifs is 2. The molecule has 3 heterocycles.